The highest BCUT2D eigenvalue weighted by Crippen LogP contribution is 2.30. The predicted molar refractivity (Wildman–Crippen MR) is 80.5 cm³/mol. The largest absolute Gasteiger partial charge is 0.375 e. The van der Waals surface area contributed by atoms with Crippen LogP contribution in [0.2, 0.25) is 0 Å². The van der Waals surface area contributed by atoms with Gasteiger partial charge in [0.1, 0.15) is 0 Å². The van der Waals surface area contributed by atoms with Gasteiger partial charge in [0, 0.05) is 23.2 Å². The summed E-state index contributed by atoms with van der Waals surface area (Å²) in [4.78, 5) is 0. The Morgan fingerprint density at radius 1 is 0.895 bits per heavy atom. The molecule has 2 fully saturated rings. The molecular formula is C16H32N2O. The van der Waals surface area contributed by atoms with E-state index in [0.29, 0.717) is 24.3 Å². The van der Waals surface area contributed by atoms with Crippen molar-refractivity contribution in [2.75, 3.05) is 0 Å². The van der Waals surface area contributed by atoms with Gasteiger partial charge in [0.05, 0.1) is 12.2 Å². The van der Waals surface area contributed by atoms with Gasteiger partial charge in [-0.2, -0.15) is 0 Å². The second-order valence-corrected chi connectivity index (χ2v) is 8.09. The highest BCUT2D eigenvalue weighted by molar-refractivity contribution is 5.00. The van der Waals surface area contributed by atoms with Gasteiger partial charge in [-0.15, -0.1) is 0 Å². The molecule has 2 unspecified atom stereocenters. The van der Waals surface area contributed by atoms with Crippen LogP contribution in [0.25, 0.3) is 0 Å². The van der Waals surface area contributed by atoms with E-state index in [4.69, 9.17) is 4.74 Å². The molecule has 2 aliphatic heterocycles. The molecule has 2 N–H and O–H groups in total. The molecule has 0 aromatic rings. The topological polar surface area (TPSA) is 33.3 Å². The van der Waals surface area contributed by atoms with Gasteiger partial charge < -0.3 is 15.4 Å². The lowest BCUT2D eigenvalue weighted by Crippen LogP contribution is -2.63. The van der Waals surface area contributed by atoms with Crippen molar-refractivity contribution in [3.63, 3.8) is 0 Å². The quantitative estimate of drug-likeness (QED) is 0.808. The smallest absolute Gasteiger partial charge is 0.0565 e. The first-order valence-corrected chi connectivity index (χ1v) is 7.86. The molecule has 0 aromatic heterocycles. The van der Waals surface area contributed by atoms with Crippen molar-refractivity contribution < 1.29 is 4.74 Å². The second-order valence-electron chi connectivity index (χ2n) is 8.09. The molecule has 19 heavy (non-hydrogen) atoms. The predicted octanol–water partition coefficient (Wildman–Crippen LogP) is 2.84. The molecule has 2 heterocycles. The number of piperidine rings is 1. The van der Waals surface area contributed by atoms with E-state index in [1.165, 1.54) is 12.8 Å². The molecule has 0 bridgehead atoms. The van der Waals surface area contributed by atoms with E-state index in [2.05, 4.69) is 52.2 Å². The molecule has 0 spiro atoms. The first-order chi connectivity index (χ1) is 8.65. The van der Waals surface area contributed by atoms with Crippen LogP contribution in [-0.2, 0) is 4.74 Å². The van der Waals surface area contributed by atoms with Gasteiger partial charge in [-0.25, -0.2) is 0 Å². The Balaban J connectivity index is 1.94. The second kappa shape index (κ2) is 5.34. The number of nitrogens with one attached hydrogen (secondary N) is 2. The van der Waals surface area contributed by atoms with Crippen molar-refractivity contribution in [2.45, 2.75) is 103 Å². The molecule has 0 aromatic carbocycles. The lowest BCUT2D eigenvalue weighted by Gasteiger charge is -2.48. The molecule has 2 atom stereocenters. The molecule has 0 amide bonds. The number of rotatable bonds is 2. The van der Waals surface area contributed by atoms with Gasteiger partial charge in [-0.05, 0) is 67.2 Å². The Hall–Kier alpha value is -0.120. The fourth-order valence-electron chi connectivity index (χ4n) is 4.31. The zero-order valence-electron chi connectivity index (χ0n) is 13.5. The minimum Gasteiger partial charge on any atom is -0.375 e. The average molecular weight is 268 g/mol. The van der Waals surface area contributed by atoms with E-state index < -0.39 is 0 Å². The minimum absolute atomic E-state index is 0.224. The Morgan fingerprint density at radius 2 is 1.37 bits per heavy atom. The summed E-state index contributed by atoms with van der Waals surface area (Å²) in [6.07, 6.45) is 5.49. The van der Waals surface area contributed by atoms with Crippen LogP contribution in [0.4, 0.5) is 0 Å². The van der Waals surface area contributed by atoms with E-state index in [0.717, 1.165) is 12.8 Å². The SMILES string of the molecule is CC1CC(NC2CC(C)(C)NC(C)(C)C2)CC(C)O1. The molecule has 2 rings (SSSR count). The Morgan fingerprint density at radius 3 is 1.84 bits per heavy atom. The van der Waals surface area contributed by atoms with Gasteiger partial charge in [-0.1, -0.05) is 0 Å². The molecule has 2 saturated heterocycles. The molecule has 0 saturated carbocycles. The normalized spacial score (nSPS) is 39.2. The van der Waals surface area contributed by atoms with Crippen molar-refractivity contribution in [2.24, 2.45) is 0 Å². The van der Waals surface area contributed by atoms with Crippen LogP contribution < -0.4 is 10.6 Å². The summed E-state index contributed by atoms with van der Waals surface area (Å²) in [5.41, 5.74) is 0.448. The third-order valence-corrected chi connectivity index (χ3v) is 4.36. The maximum Gasteiger partial charge on any atom is 0.0565 e. The van der Waals surface area contributed by atoms with Gasteiger partial charge in [0.25, 0.3) is 0 Å². The van der Waals surface area contributed by atoms with E-state index in [1.54, 1.807) is 0 Å². The van der Waals surface area contributed by atoms with E-state index in [9.17, 15) is 0 Å². The number of hydrogen-bond acceptors (Lipinski definition) is 3. The Kier molecular flexibility index (Phi) is 4.29. The summed E-state index contributed by atoms with van der Waals surface area (Å²) < 4.78 is 5.84. The molecule has 112 valence electrons. The summed E-state index contributed by atoms with van der Waals surface area (Å²) >= 11 is 0. The monoisotopic (exact) mass is 268 g/mol. The first-order valence-electron chi connectivity index (χ1n) is 7.86. The van der Waals surface area contributed by atoms with Crippen LogP contribution >= 0.6 is 0 Å². The van der Waals surface area contributed by atoms with E-state index in [1.807, 2.05) is 0 Å². The van der Waals surface area contributed by atoms with Crippen molar-refractivity contribution in [1.29, 1.82) is 0 Å². The molecular weight excluding hydrogens is 236 g/mol. The van der Waals surface area contributed by atoms with E-state index in [-0.39, 0.29) is 11.1 Å². The summed E-state index contributed by atoms with van der Waals surface area (Å²) in [5.74, 6) is 0. The third-order valence-electron chi connectivity index (χ3n) is 4.36. The fourth-order valence-corrected chi connectivity index (χ4v) is 4.31. The van der Waals surface area contributed by atoms with Crippen molar-refractivity contribution in [3.8, 4) is 0 Å². The molecule has 0 radical (unpaired) electrons. The zero-order chi connectivity index (χ0) is 14.3. The summed E-state index contributed by atoms with van der Waals surface area (Å²) in [6, 6.07) is 1.24. The molecule has 2 aliphatic rings. The lowest BCUT2D eigenvalue weighted by molar-refractivity contribution is -0.0454. The van der Waals surface area contributed by atoms with Gasteiger partial charge in [-0.3, -0.25) is 0 Å². The minimum atomic E-state index is 0.224. The summed E-state index contributed by atoms with van der Waals surface area (Å²) in [6.45, 7) is 13.7. The van der Waals surface area contributed by atoms with Crippen LogP contribution in [-0.4, -0.2) is 35.4 Å². The third kappa shape index (κ3) is 4.44. The maximum atomic E-state index is 5.84. The van der Waals surface area contributed by atoms with Crippen LogP contribution in [0.1, 0.15) is 67.2 Å². The van der Waals surface area contributed by atoms with Crippen LogP contribution in [0, 0.1) is 0 Å². The van der Waals surface area contributed by atoms with Crippen LogP contribution in [0.15, 0.2) is 0 Å². The van der Waals surface area contributed by atoms with Crippen LogP contribution in [0.3, 0.4) is 0 Å². The first kappa shape index (κ1) is 15.3. The average Bonchev–Trinajstić information content (AvgIpc) is 2.08. The maximum absolute atomic E-state index is 5.84. The van der Waals surface area contributed by atoms with E-state index >= 15 is 0 Å². The van der Waals surface area contributed by atoms with Crippen LogP contribution in [0.5, 0.6) is 0 Å². The number of hydrogen-bond donors (Lipinski definition) is 2. The van der Waals surface area contributed by atoms with Gasteiger partial charge in [0.15, 0.2) is 0 Å². The van der Waals surface area contributed by atoms with Gasteiger partial charge in [0.2, 0.25) is 0 Å². The molecule has 3 nitrogen and oxygen atoms in total. The standard InChI is InChI=1S/C16H32N2O/c1-11-7-13(8-12(2)19-11)17-14-9-15(3,4)18-16(5,6)10-14/h11-14,17-18H,7-10H2,1-6H3. The lowest BCUT2D eigenvalue weighted by atomic mass is 9.79. The summed E-state index contributed by atoms with van der Waals surface area (Å²) in [7, 11) is 0. The van der Waals surface area contributed by atoms with Gasteiger partial charge >= 0.3 is 0 Å². The number of ether oxygens (including phenoxy) is 1. The highest BCUT2D eigenvalue weighted by atomic mass is 16.5. The molecule has 3 heteroatoms. The fraction of sp³-hybridized carbons (Fsp3) is 1.00. The van der Waals surface area contributed by atoms with Crippen molar-refractivity contribution in [3.05, 3.63) is 0 Å². The highest BCUT2D eigenvalue weighted by Gasteiger charge is 2.38. The van der Waals surface area contributed by atoms with Crippen molar-refractivity contribution >= 4 is 0 Å². The van der Waals surface area contributed by atoms with Crippen molar-refractivity contribution in [1.82, 2.24) is 10.6 Å². The Labute approximate surface area is 118 Å². The zero-order valence-corrected chi connectivity index (χ0v) is 13.5. The summed E-state index contributed by atoms with van der Waals surface area (Å²) in [5, 5.41) is 7.66. The molecule has 0 aliphatic carbocycles. The Bertz CT molecular complexity index is 288.